The topological polar surface area (TPSA) is 66.5 Å². The van der Waals surface area contributed by atoms with Gasteiger partial charge in [-0.25, -0.2) is 8.78 Å². The summed E-state index contributed by atoms with van der Waals surface area (Å²) in [5.41, 5.74) is 1.66. The third-order valence-corrected chi connectivity index (χ3v) is 3.40. The van der Waals surface area contributed by atoms with Crippen molar-refractivity contribution >= 4 is 18.1 Å². The zero-order valence-corrected chi connectivity index (χ0v) is 12.8. The van der Waals surface area contributed by atoms with Gasteiger partial charge in [-0.3, -0.25) is 4.99 Å². The average molecular weight is 328 g/mol. The lowest BCUT2D eigenvalue weighted by molar-refractivity contribution is 0.432. The first-order valence-corrected chi connectivity index (χ1v) is 7.21. The molecule has 0 atom stereocenters. The highest BCUT2D eigenvalue weighted by Crippen LogP contribution is 2.38. The van der Waals surface area contributed by atoms with Gasteiger partial charge in [0.15, 0.2) is 17.4 Å². The second-order valence-electron chi connectivity index (χ2n) is 4.91. The molecule has 0 bridgehead atoms. The first kappa shape index (κ1) is 15.8. The highest BCUT2D eigenvalue weighted by Gasteiger charge is 2.20. The molecule has 0 aliphatic heterocycles. The lowest BCUT2D eigenvalue weighted by Crippen LogP contribution is -1.89. The van der Waals surface area contributed by atoms with Crippen LogP contribution in [-0.4, -0.2) is 29.6 Å². The van der Waals surface area contributed by atoms with Crippen molar-refractivity contribution < 1.29 is 13.3 Å². The van der Waals surface area contributed by atoms with Crippen LogP contribution in [0.25, 0.3) is 22.5 Å². The Bertz CT molecular complexity index is 896. The highest BCUT2D eigenvalue weighted by atomic mass is 19.2. The number of nitrogens with one attached hydrogen (secondary N) is 1. The van der Waals surface area contributed by atoms with Gasteiger partial charge in [0.25, 0.3) is 0 Å². The first-order valence-electron chi connectivity index (χ1n) is 7.21. The molecular formula is C17H14F2N4O. The Hall–Kier alpha value is -3.09. The van der Waals surface area contributed by atoms with E-state index in [9.17, 15) is 8.78 Å². The lowest BCUT2D eigenvalue weighted by Gasteiger charge is -2.03. The van der Waals surface area contributed by atoms with E-state index < -0.39 is 11.6 Å². The van der Waals surface area contributed by atoms with Gasteiger partial charge in [-0.05, 0) is 6.07 Å². The van der Waals surface area contributed by atoms with E-state index in [2.05, 4.69) is 20.1 Å². The van der Waals surface area contributed by atoms with Gasteiger partial charge >= 0.3 is 0 Å². The van der Waals surface area contributed by atoms with Gasteiger partial charge in [-0.1, -0.05) is 17.3 Å². The highest BCUT2D eigenvalue weighted by molar-refractivity contribution is 5.87. The number of nitrogens with zero attached hydrogens (tertiary/aromatic N) is 3. The second kappa shape index (κ2) is 6.99. The smallest absolute Gasteiger partial charge is 0.178 e. The Balaban J connectivity index is 2.02. The zero-order chi connectivity index (χ0) is 16.9. The Morgan fingerprint density at radius 1 is 1.17 bits per heavy atom. The first-order chi connectivity index (χ1) is 11.7. The van der Waals surface area contributed by atoms with Crippen molar-refractivity contribution in [3.63, 3.8) is 0 Å². The molecule has 0 saturated carbocycles. The number of hydrogen-bond acceptors (Lipinski definition) is 4. The van der Waals surface area contributed by atoms with E-state index in [-0.39, 0.29) is 5.56 Å². The maximum Gasteiger partial charge on any atom is 0.178 e. The number of aromatic nitrogens is 2. The summed E-state index contributed by atoms with van der Waals surface area (Å²) in [6, 6.07) is 3.97. The average Bonchev–Trinajstić information content (AvgIpc) is 3.22. The Morgan fingerprint density at radius 2 is 2.04 bits per heavy atom. The fourth-order valence-corrected chi connectivity index (χ4v) is 2.29. The Morgan fingerprint density at radius 3 is 2.88 bits per heavy atom. The minimum atomic E-state index is -0.943. The van der Waals surface area contributed by atoms with Gasteiger partial charge in [0, 0.05) is 43.9 Å². The molecule has 2 heterocycles. The molecule has 3 aromatic rings. The fourth-order valence-electron chi connectivity index (χ4n) is 2.29. The summed E-state index contributed by atoms with van der Waals surface area (Å²) < 4.78 is 32.8. The maximum absolute atomic E-state index is 14.1. The Labute approximate surface area is 136 Å². The van der Waals surface area contributed by atoms with Gasteiger partial charge in [0.05, 0.1) is 23.0 Å². The number of halogens is 2. The number of rotatable bonds is 5. The van der Waals surface area contributed by atoms with Crippen molar-refractivity contribution in [3.05, 3.63) is 48.4 Å². The zero-order valence-electron chi connectivity index (χ0n) is 12.8. The number of benzene rings is 1. The van der Waals surface area contributed by atoms with E-state index >= 15 is 0 Å². The molecule has 0 spiro atoms. The fraction of sp³-hybridized carbons (Fsp3) is 0.118. The maximum atomic E-state index is 14.1. The van der Waals surface area contributed by atoms with Crippen LogP contribution in [0, 0.1) is 11.6 Å². The molecular weight excluding hydrogens is 314 g/mol. The molecule has 0 amide bonds. The molecule has 0 saturated heterocycles. The number of H-pyrrole nitrogens is 1. The summed E-state index contributed by atoms with van der Waals surface area (Å²) in [6.07, 6.45) is 8.71. The molecule has 5 nitrogen and oxygen atoms in total. The van der Waals surface area contributed by atoms with Crippen LogP contribution in [0.3, 0.4) is 0 Å². The van der Waals surface area contributed by atoms with Gasteiger partial charge in [0.2, 0.25) is 0 Å². The van der Waals surface area contributed by atoms with Crippen molar-refractivity contribution in [1.29, 1.82) is 0 Å². The predicted molar refractivity (Wildman–Crippen MR) is 88.8 cm³/mol. The molecule has 2 aromatic heterocycles. The second-order valence-corrected chi connectivity index (χ2v) is 4.91. The quantitative estimate of drug-likeness (QED) is 0.705. The third-order valence-electron chi connectivity index (χ3n) is 3.40. The number of aliphatic imine (C=N–C) groups is 2. The van der Waals surface area contributed by atoms with Gasteiger partial charge in [0.1, 0.15) is 0 Å². The van der Waals surface area contributed by atoms with Crippen LogP contribution < -0.4 is 0 Å². The summed E-state index contributed by atoms with van der Waals surface area (Å²) in [4.78, 5) is 11.1. The molecule has 24 heavy (non-hydrogen) atoms. The van der Waals surface area contributed by atoms with Crippen LogP contribution >= 0.6 is 0 Å². The lowest BCUT2D eigenvalue weighted by atomic mass is 10.0. The van der Waals surface area contributed by atoms with E-state index in [1.54, 1.807) is 31.9 Å². The SMILES string of the molecule is CN=CCC=Nc1c[nH]cc1-c1oncc1-c1cccc(F)c1F. The summed E-state index contributed by atoms with van der Waals surface area (Å²) in [7, 11) is 1.68. The van der Waals surface area contributed by atoms with Crippen LogP contribution in [-0.2, 0) is 0 Å². The number of hydrogen-bond donors (Lipinski definition) is 1. The molecule has 0 aliphatic carbocycles. The van der Waals surface area contributed by atoms with Crippen LogP contribution in [0.1, 0.15) is 6.42 Å². The molecule has 0 fully saturated rings. The molecule has 7 heteroatoms. The molecule has 122 valence electrons. The summed E-state index contributed by atoms with van der Waals surface area (Å²) >= 11 is 0. The monoisotopic (exact) mass is 328 g/mol. The molecule has 0 aliphatic rings. The number of aromatic amines is 1. The largest absolute Gasteiger partial charge is 0.365 e. The van der Waals surface area contributed by atoms with Gasteiger partial charge < -0.3 is 14.5 Å². The van der Waals surface area contributed by atoms with Crippen LogP contribution in [0.15, 0.2) is 51.3 Å². The van der Waals surface area contributed by atoms with Gasteiger partial charge in [-0.15, -0.1) is 0 Å². The van der Waals surface area contributed by atoms with Crippen LogP contribution in [0.4, 0.5) is 14.5 Å². The standard InChI is InChI=1S/C17H14F2N4O/c1-20-6-3-7-22-15-10-21-8-13(15)17-12(9-23-24-17)11-4-2-5-14(18)16(11)19/h2,4-10,21H,3H2,1H3. The van der Waals surface area contributed by atoms with Gasteiger partial charge in [-0.2, -0.15) is 0 Å². The summed E-state index contributed by atoms with van der Waals surface area (Å²) in [5.74, 6) is -1.55. The van der Waals surface area contributed by atoms with E-state index in [0.29, 0.717) is 29.0 Å². The molecule has 1 aromatic carbocycles. The van der Waals surface area contributed by atoms with Crippen molar-refractivity contribution in [2.75, 3.05) is 7.05 Å². The van der Waals surface area contributed by atoms with E-state index in [4.69, 9.17) is 4.52 Å². The van der Waals surface area contributed by atoms with Crippen molar-refractivity contribution in [2.24, 2.45) is 9.98 Å². The Kier molecular flexibility index (Phi) is 4.60. The molecule has 3 rings (SSSR count). The molecule has 1 N–H and O–H groups in total. The molecule has 0 radical (unpaired) electrons. The van der Waals surface area contributed by atoms with Crippen LogP contribution in [0.5, 0.6) is 0 Å². The van der Waals surface area contributed by atoms with E-state index in [1.165, 1.54) is 18.3 Å². The van der Waals surface area contributed by atoms with E-state index in [1.807, 2.05) is 0 Å². The van der Waals surface area contributed by atoms with Crippen LogP contribution in [0.2, 0.25) is 0 Å². The normalized spacial score (nSPS) is 11.8. The summed E-state index contributed by atoms with van der Waals surface area (Å²) in [5, 5.41) is 3.73. The molecule has 0 unspecified atom stereocenters. The van der Waals surface area contributed by atoms with E-state index in [0.717, 1.165) is 6.07 Å². The summed E-state index contributed by atoms with van der Waals surface area (Å²) in [6.45, 7) is 0. The third kappa shape index (κ3) is 3.01. The van der Waals surface area contributed by atoms with Crippen molar-refractivity contribution in [2.45, 2.75) is 6.42 Å². The van der Waals surface area contributed by atoms with Crippen molar-refractivity contribution in [1.82, 2.24) is 10.1 Å². The minimum Gasteiger partial charge on any atom is -0.365 e. The van der Waals surface area contributed by atoms with Crippen molar-refractivity contribution in [3.8, 4) is 22.5 Å². The minimum absolute atomic E-state index is 0.0838. The predicted octanol–water partition coefficient (Wildman–Crippen LogP) is 4.41.